The van der Waals surface area contributed by atoms with Crippen LogP contribution in [0, 0.1) is 0 Å². The smallest absolute Gasteiger partial charge is 0.108 e. The van der Waals surface area contributed by atoms with Crippen molar-refractivity contribution in [3.05, 3.63) is 54.1 Å². The van der Waals surface area contributed by atoms with E-state index in [-0.39, 0.29) is 0 Å². The van der Waals surface area contributed by atoms with Crippen LogP contribution in [-0.2, 0) is 19.4 Å². The molecule has 0 spiro atoms. The van der Waals surface area contributed by atoms with Crippen molar-refractivity contribution in [1.29, 1.82) is 0 Å². The molecule has 2 nitrogen and oxygen atoms in total. The number of hydrogen-bond donors (Lipinski definition) is 0. The summed E-state index contributed by atoms with van der Waals surface area (Å²) >= 11 is 0. The molecule has 0 saturated carbocycles. The number of imidazole rings is 1. The zero-order chi connectivity index (χ0) is 11.9. The molecule has 2 rings (SSSR count). The van der Waals surface area contributed by atoms with Gasteiger partial charge in [0.15, 0.2) is 0 Å². The van der Waals surface area contributed by atoms with Crippen LogP contribution in [0.2, 0.25) is 0 Å². The first-order chi connectivity index (χ1) is 8.40. The molecule has 0 radical (unpaired) electrons. The molecule has 0 saturated heterocycles. The Morgan fingerprint density at radius 1 is 1.12 bits per heavy atom. The van der Waals surface area contributed by atoms with E-state index < -0.39 is 0 Å². The minimum atomic E-state index is 1.07. The third kappa shape index (κ3) is 3.45. The van der Waals surface area contributed by atoms with Crippen molar-refractivity contribution >= 4 is 0 Å². The van der Waals surface area contributed by atoms with E-state index in [4.69, 9.17) is 0 Å². The van der Waals surface area contributed by atoms with Crippen LogP contribution in [0.4, 0.5) is 0 Å². The van der Waals surface area contributed by atoms with Crippen molar-refractivity contribution in [2.24, 2.45) is 0 Å². The van der Waals surface area contributed by atoms with Gasteiger partial charge in [0.1, 0.15) is 5.82 Å². The first-order valence-electron chi connectivity index (χ1n) is 6.44. The summed E-state index contributed by atoms with van der Waals surface area (Å²) in [6.45, 7) is 3.27. The molecule has 0 aliphatic rings. The van der Waals surface area contributed by atoms with Crippen LogP contribution in [0.25, 0.3) is 0 Å². The topological polar surface area (TPSA) is 17.8 Å². The van der Waals surface area contributed by atoms with Gasteiger partial charge in [0.25, 0.3) is 0 Å². The molecule has 0 bridgehead atoms. The molecule has 1 aromatic heterocycles. The van der Waals surface area contributed by atoms with Gasteiger partial charge in [-0.15, -0.1) is 0 Å². The Labute approximate surface area is 103 Å². The van der Waals surface area contributed by atoms with E-state index in [9.17, 15) is 0 Å². The summed E-state index contributed by atoms with van der Waals surface area (Å²) in [5.41, 5.74) is 1.42. The molecule has 1 heterocycles. The summed E-state index contributed by atoms with van der Waals surface area (Å²) in [5, 5.41) is 0. The molecule has 90 valence electrons. The van der Waals surface area contributed by atoms with Gasteiger partial charge in [-0.2, -0.15) is 0 Å². The van der Waals surface area contributed by atoms with E-state index in [0.29, 0.717) is 0 Å². The minimum Gasteiger partial charge on any atom is -0.335 e. The highest BCUT2D eigenvalue weighted by atomic mass is 15.1. The summed E-state index contributed by atoms with van der Waals surface area (Å²) in [4.78, 5) is 4.39. The van der Waals surface area contributed by atoms with Crippen LogP contribution in [0.5, 0.6) is 0 Å². The van der Waals surface area contributed by atoms with Gasteiger partial charge in [-0.05, 0) is 24.8 Å². The maximum atomic E-state index is 4.39. The number of aryl methyl sites for hydroxylation is 3. The van der Waals surface area contributed by atoms with Crippen molar-refractivity contribution < 1.29 is 0 Å². The highest BCUT2D eigenvalue weighted by Gasteiger charge is 2.01. The number of nitrogens with zero attached hydrogens (tertiary/aromatic N) is 2. The van der Waals surface area contributed by atoms with Gasteiger partial charge in [-0.3, -0.25) is 0 Å². The first kappa shape index (κ1) is 11.9. The van der Waals surface area contributed by atoms with Gasteiger partial charge in [-0.25, -0.2) is 4.98 Å². The molecular formula is C15H20N2. The van der Waals surface area contributed by atoms with E-state index in [1.165, 1.54) is 17.8 Å². The van der Waals surface area contributed by atoms with Crippen LogP contribution in [-0.4, -0.2) is 9.55 Å². The number of aromatic nitrogens is 2. The average Bonchev–Trinajstić information content (AvgIpc) is 2.79. The second kappa shape index (κ2) is 6.24. The number of benzene rings is 1. The van der Waals surface area contributed by atoms with Gasteiger partial charge in [0.2, 0.25) is 0 Å². The third-order valence-electron chi connectivity index (χ3n) is 2.98. The van der Waals surface area contributed by atoms with Crippen molar-refractivity contribution in [1.82, 2.24) is 9.55 Å². The van der Waals surface area contributed by atoms with Crippen LogP contribution in [0.1, 0.15) is 31.2 Å². The fraction of sp³-hybridized carbons (Fsp3) is 0.400. The monoisotopic (exact) mass is 228 g/mol. The highest BCUT2D eigenvalue weighted by Crippen LogP contribution is 2.06. The number of hydrogen-bond acceptors (Lipinski definition) is 1. The lowest BCUT2D eigenvalue weighted by molar-refractivity contribution is 0.605. The maximum absolute atomic E-state index is 4.39. The van der Waals surface area contributed by atoms with Crippen molar-refractivity contribution in [2.45, 2.75) is 39.2 Å². The Balaban J connectivity index is 1.84. The normalized spacial score (nSPS) is 10.6. The Hall–Kier alpha value is -1.57. The Bertz CT molecular complexity index is 431. The molecule has 17 heavy (non-hydrogen) atoms. The van der Waals surface area contributed by atoms with Gasteiger partial charge < -0.3 is 4.57 Å². The molecule has 0 aliphatic carbocycles. The molecule has 2 aromatic rings. The van der Waals surface area contributed by atoms with E-state index in [1.54, 1.807) is 0 Å². The Kier molecular flexibility index (Phi) is 4.37. The largest absolute Gasteiger partial charge is 0.335 e. The maximum Gasteiger partial charge on any atom is 0.108 e. The lowest BCUT2D eigenvalue weighted by atomic mass is 10.1. The zero-order valence-electron chi connectivity index (χ0n) is 10.5. The SMILES string of the molecule is CCCc1nccn1CCCc1ccccc1. The van der Waals surface area contributed by atoms with E-state index in [0.717, 1.165) is 25.8 Å². The fourth-order valence-electron chi connectivity index (χ4n) is 2.09. The second-order valence-electron chi connectivity index (χ2n) is 4.38. The van der Waals surface area contributed by atoms with Crippen molar-refractivity contribution in [3.63, 3.8) is 0 Å². The number of rotatable bonds is 6. The standard InChI is InChI=1S/C15H20N2/c1-2-7-15-16-11-13-17(15)12-6-10-14-8-4-3-5-9-14/h3-5,8-9,11,13H,2,6-7,10,12H2,1H3. The van der Waals surface area contributed by atoms with E-state index in [2.05, 4.69) is 53.0 Å². The molecule has 0 fully saturated rings. The predicted molar refractivity (Wildman–Crippen MR) is 71.0 cm³/mol. The lowest BCUT2D eigenvalue weighted by Gasteiger charge is -2.07. The quantitative estimate of drug-likeness (QED) is 0.740. The summed E-state index contributed by atoms with van der Waals surface area (Å²) in [5.74, 6) is 1.22. The Morgan fingerprint density at radius 3 is 2.71 bits per heavy atom. The molecule has 0 aliphatic heterocycles. The first-order valence-corrected chi connectivity index (χ1v) is 6.44. The molecule has 0 N–H and O–H groups in total. The zero-order valence-corrected chi connectivity index (χ0v) is 10.5. The summed E-state index contributed by atoms with van der Waals surface area (Å²) < 4.78 is 2.28. The van der Waals surface area contributed by atoms with Crippen molar-refractivity contribution in [3.8, 4) is 0 Å². The van der Waals surface area contributed by atoms with E-state index >= 15 is 0 Å². The predicted octanol–water partition coefficient (Wildman–Crippen LogP) is 3.47. The fourth-order valence-corrected chi connectivity index (χ4v) is 2.09. The summed E-state index contributed by atoms with van der Waals surface area (Å²) in [6.07, 6.45) is 8.57. The van der Waals surface area contributed by atoms with E-state index in [1.807, 2.05) is 6.20 Å². The third-order valence-corrected chi connectivity index (χ3v) is 2.98. The highest BCUT2D eigenvalue weighted by molar-refractivity contribution is 5.14. The molecular weight excluding hydrogens is 208 g/mol. The summed E-state index contributed by atoms with van der Waals surface area (Å²) in [6, 6.07) is 10.7. The van der Waals surface area contributed by atoms with Crippen LogP contribution < -0.4 is 0 Å². The molecule has 0 amide bonds. The van der Waals surface area contributed by atoms with Gasteiger partial charge >= 0.3 is 0 Å². The van der Waals surface area contributed by atoms with Crippen LogP contribution >= 0.6 is 0 Å². The van der Waals surface area contributed by atoms with Crippen LogP contribution in [0.15, 0.2) is 42.7 Å². The minimum absolute atomic E-state index is 1.07. The molecule has 1 aromatic carbocycles. The van der Waals surface area contributed by atoms with Gasteiger partial charge in [0.05, 0.1) is 0 Å². The second-order valence-corrected chi connectivity index (χ2v) is 4.38. The Morgan fingerprint density at radius 2 is 1.94 bits per heavy atom. The molecule has 0 atom stereocenters. The molecule has 2 heteroatoms. The van der Waals surface area contributed by atoms with Crippen LogP contribution in [0.3, 0.4) is 0 Å². The summed E-state index contributed by atoms with van der Waals surface area (Å²) in [7, 11) is 0. The van der Waals surface area contributed by atoms with Gasteiger partial charge in [-0.1, -0.05) is 37.3 Å². The lowest BCUT2D eigenvalue weighted by Crippen LogP contribution is -2.04. The molecule has 0 unspecified atom stereocenters. The van der Waals surface area contributed by atoms with Crippen molar-refractivity contribution in [2.75, 3.05) is 0 Å². The van der Waals surface area contributed by atoms with Gasteiger partial charge in [0, 0.05) is 25.4 Å². The average molecular weight is 228 g/mol.